The molecule has 2 aromatic rings. The van der Waals surface area contributed by atoms with Crippen LogP contribution in [0.3, 0.4) is 0 Å². The molecule has 230 valence electrons. The van der Waals surface area contributed by atoms with Gasteiger partial charge in [0.15, 0.2) is 0 Å². The second kappa shape index (κ2) is 22.6. The minimum Gasteiger partial charge on any atom is -0.478 e. The molecule has 0 aliphatic carbocycles. The monoisotopic (exact) mass is 604 g/mol. The molecule has 0 aliphatic rings. The minimum absolute atomic E-state index is 0.255. The zero-order valence-electron chi connectivity index (χ0n) is 25.9. The third-order valence-electron chi connectivity index (χ3n) is 7.41. The van der Waals surface area contributed by atoms with Crippen molar-refractivity contribution in [1.82, 2.24) is 0 Å². The molecule has 2 rings (SSSR count). The van der Waals surface area contributed by atoms with Crippen LogP contribution in [0.25, 0.3) is 0 Å². The van der Waals surface area contributed by atoms with Gasteiger partial charge in [-0.25, -0.2) is 9.59 Å². The van der Waals surface area contributed by atoms with E-state index in [4.69, 9.17) is 10.2 Å². The lowest BCUT2D eigenvalue weighted by molar-refractivity contribution is -0.888. The minimum atomic E-state index is -0.946. The van der Waals surface area contributed by atoms with Crippen LogP contribution in [-0.2, 0) is 0 Å². The second-order valence-electron chi connectivity index (χ2n) is 11.4. The predicted molar refractivity (Wildman–Crippen MR) is 176 cm³/mol. The van der Waals surface area contributed by atoms with Crippen LogP contribution in [0.2, 0.25) is 0 Å². The van der Waals surface area contributed by atoms with Crippen LogP contribution in [0.5, 0.6) is 0 Å². The average molecular weight is 605 g/mol. The van der Waals surface area contributed by atoms with E-state index in [0.717, 1.165) is 9.79 Å². The van der Waals surface area contributed by atoms with Crippen molar-refractivity contribution in [2.45, 2.75) is 114 Å². The number of aromatic carboxylic acids is 2. The second-order valence-corrected chi connectivity index (χ2v) is 13.7. The zero-order chi connectivity index (χ0) is 30.3. The van der Waals surface area contributed by atoms with E-state index < -0.39 is 11.9 Å². The Kier molecular flexibility index (Phi) is 20.4. The van der Waals surface area contributed by atoms with E-state index in [9.17, 15) is 9.59 Å². The van der Waals surface area contributed by atoms with Crippen LogP contribution in [0.4, 0.5) is 0 Å². The van der Waals surface area contributed by atoms with Crippen molar-refractivity contribution >= 4 is 33.5 Å². The molecule has 0 saturated heterocycles. The molecule has 0 saturated carbocycles. The fraction of sp³-hybridized carbons (Fsp3) is 0.588. The zero-order valence-corrected chi connectivity index (χ0v) is 27.5. The Balaban J connectivity index is 0.000000410. The number of quaternary nitrogens is 1. The molecule has 0 spiro atoms. The molecule has 0 atom stereocenters. The summed E-state index contributed by atoms with van der Waals surface area (Å²) in [6, 6.07) is 13.2. The highest BCUT2D eigenvalue weighted by Gasteiger charge is 2.10. The first-order chi connectivity index (χ1) is 19.7. The summed E-state index contributed by atoms with van der Waals surface area (Å²) in [7, 11) is 7.67. The molecule has 0 aromatic heterocycles. The molecule has 2 aromatic carbocycles. The highest BCUT2D eigenvalue weighted by molar-refractivity contribution is 8.76. The fourth-order valence-electron chi connectivity index (χ4n) is 4.29. The molecule has 2 N–H and O–H groups in total. The van der Waals surface area contributed by atoms with Gasteiger partial charge in [0.05, 0.1) is 38.3 Å². The third kappa shape index (κ3) is 19.0. The van der Waals surface area contributed by atoms with Crippen LogP contribution < -0.4 is 0 Å². The van der Waals surface area contributed by atoms with Gasteiger partial charge < -0.3 is 14.7 Å². The van der Waals surface area contributed by atoms with Gasteiger partial charge in [0.2, 0.25) is 0 Å². The number of carboxylic acid groups (broad SMARTS) is 2. The molecule has 0 fully saturated rings. The number of unbranched alkanes of at least 4 members (excludes halogenated alkanes) is 13. The number of carboxylic acids is 2. The lowest BCUT2D eigenvalue weighted by Crippen LogP contribution is -2.39. The Bertz CT molecular complexity index is 904. The van der Waals surface area contributed by atoms with Crippen LogP contribution >= 0.6 is 21.6 Å². The third-order valence-corrected chi connectivity index (χ3v) is 9.83. The smallest absolute Gasteiger partial charge is 0.335 e. The molecule has 0 amide bonds. The lowest BCUT2D eigenvalue weighted by Gasteiger charge is -2.28. The van der Waals surface area contributed by atoms with E-state index in [1.165, 1.54) is 129 Å². The van der Waals surface area contributed by atoms with Gasteiger partial charge in [-0.1, -0.05) is 106 Å². The SMILES string of the molecule is CCCCCCCCCCCCCCCC[N+](C)(C)CC.O=C(O)c1ccc(SSc2ccc(C(=O)O)cc2)cc1. The van der Waals surface area contributed by atoms with Crippen LogP contribution in [0.15, 0.2) is 58.3 Å². The normalized spacial score (nSPS) is 11.1. The van der Waals surface area contributed by atoms with Crippen molar-refractivity contribution in [3.8, 4) is 0 Å². The Hall–Kier alpha value is -1.96. The molecule has 0 unspecified atom stereocenters. The van der Waals surface area contributed by atoms with E-state index in [1.807, 2.05) is 0 Å². The van der Waals surface area contributed by atoms with Gasteiger partial charge in [-0.05, 0) is 68.3 Å². The molecule has 41 heavy (non-hydrogen) atoms. The molecule has 7 heteroatoms. The van der Waals surface area contributed by atoms with Crippen LogP contribution in [0, 0.1) is 0 Å². The van der Waals surface area contributed by atoms with Gasteiger partial charge in [0.25, 0.3) is 0 Å². The van der Waals surface area contributed by atoms with Gasteiger partial charge in [-0.3, -0.25) is 0 Å². The van der Waals surface area contributed by atoms with E-state index in [2.05, 4.69) is 27.9 Å². The highest BCUT2D eigenvalue weighted by atomic mass is 33.1. The number of benzene rings is 2. The molecule has 5 nitrogen and oxygen atoms in total. The molecule has 0 bridgehead atoms. The van der Waals surface area contributed by atoms with Crippen molar-refractivity contribution in [1.29, 1.82) is 0 Å². The summed E-state index contributed by atoms with van der Waals surface area (Å²) in [4.78, 5) is 23.3. The van der Waals surface area contributed by atoms with E-state index in [-0.39, 0.29) is 11.1 Å². The van der Waals surface area contributed by atoms with Crippen molar-refractivity contribution < 1.29 is 24.3 Å². The van der Waals surface area contributed by atoms with Gasteiger partial charge in [0.1, 0.15) is 0 Å². The summed E-state index contributed by atoms with van der Waals surface area (Å²) in [6.07, 6.45) is 20.4. The van der Waals surface area contributed by atoms with Gasteiger partial charge in [0, 0.05) is 9.79 Å². The van der Waals surface area contributed by atoms with Crippen LogP contribution in [-0.4, -0.2) is 53.8 Å². The van der Waals surface area contributed by atoms with E-state index in [1.54, 1.807) is 48.5 Å². The highest BCUT2D eigenvalue weighted by Crippen LogP contribution is 2.37. The average Bonchev–Trinajstić information content (AvgIpc) is 2.97. The first-order valence-corrected chi connectivity index (χ1v) is 17.7. The summed E-state index contributed by atoms with van der Waals surface area (Å²) in [6.45, 7) is 7.21. The van der Waals surface area contributed by atoms with Gasteiger partial charge in [-0.15, -0.1) is 0 Å². The summed E-state index contributed by atoms with van der Waals surface area (Å²) in [5.74, 6) is -1.89. The van der Waals surface area contributed by atoms with Crippen LogP contribution in [0.1, 0.15) is 124 Å². The number of hydrogen-bond donors (Lipinski definition) is 2. The van der Waals surface area contributed by atoms with Gasteiger partial charge >= 0.3 is 11.9 Å². The maximum absolute atomic E-state index is 10.7. The molecule has 0 radical (unpaired) electrons. The summed E-state index contributed by atoms with van der Waals surface area (Å²) in [5, 5.41) is 17.6. The fourth-order valence-corrected chi connectivity index (χ4v) is 6.23. The maximum Gasteiger partial charge on any atom is 0.335 e. The topological polar surface area (TPSA) is 74.6 Å². The quantitative estimate of drug-likeness (QED) is 0.0839. The number of hydrogen-bond acceptors (Lipinski definition) is 4. The molecule has 0 heterocycles. The molecule has 0 aliphatic heterocycles. The van der Waals surface area contributed by atoms with Gasteiger partial charge in [-0.2, -0.15) is 0 Å². The Morgan fingerprint density at radius 3 is 1.17 bits per heavy atom. The number of carbonyl (C=O) groups is 2. The Morgan fingerprint density at radius 2 is 0.878 bits per heavy atom. The first-order valence-electron chi connectivity index (χ1n) is 15.5. The number of nitrogens with zero attached hydrogens (tertiary/aromatic N) is 1. The summed E-state index contributed by atoms with van der Waals surface area (Å²) < 4.78 is 1.19. The van der Waals surface area contributed by atoms with Crippen molar-refractivity contribution in [3.05, 3.63) is 59.7 Å². The summed E-state index contributed by atoms with van der Waals surface area (Å²) >= 11 is 0. The predicted octanol–water partition coefficient (Wildman–Crippen LogP) is 10.4. The van der Waals surface area contributed by atoms with E-state index in [0.29, 0.717) is 0 Å². The molecular formula is C34H54NO4S2+. The lowest BCUT2D eigenvalue weighted by atomic mass is 10.0. The van der Waals surface area contributed by atoms with Crippen molar-refractivity contribution in [2.75, 3.05) is 27.2 Å². The Labute approximate surface area is 257 Å². The maximum atomic E-state index is 10.7. The van der Waals surface area contributed by atoms with Crippen molar-refractivity contribution in [3.63, 3.8) is 0 Å². The Morgan fingerprint density at radius 1 is 0.561 bits per heavy atom. The standard InChI is InChI=1S/C20H44N.C14H10O4S2/c1-5-7-8-9-10-11-12-13-14-15-16-17-18-19-20-21(3,4)6-2;15-13(16)9-1-5-11(6-2-9)19-20-12-7-3-10(4-8-12)14(17)18/h5-20H2,1-4H3;1-8H,(H,15,16)(H,17,18)/q+1;. The first kappa shape index (κ1) is 37.1. The molecular weight excluding hydrogens is 551 g/mol. The summed E-state index contributed by atoms with van der Waals surface area (Å²) in [5.41, 5.74) is 0.510. The van der Waals surface area contributed by atoms with Crippen molar-refractivity contribution in [2.24, 2.45) is 0 Å². The number of rotatable bonds is 21. The van der Waals surface area contributed by atoms with E-state index >= 15 is 0 Å². The largest absolute Gasteiger partial charge is 0.478 e.